The van der Waals surface area contributed by atoms with Gasteiger partial charge in [-0.05, 0) is 42.7 Å². The van der Waals surface area contributed by atoms with Crippen LogP contribution in [-0.2, 0) is 11.2 Å². The number of likely N-dealkylation sites (tertiary alicyclic amines) is 1. The second kappa shape index (κ2) is 7.76. The SMILES string of the molecule is CC(c1cnn(-c2nccc3c2SCC3)c1)N1C[C@H](C(=O)O)C[C@@H](C(C)(C)C)C1. The molecule has 6 nitrogen and oxygen atoms in total. The molecule has 0 amide bonds. The number of aliphatic carboxylic acids is 1. The molecule has 3 atom stereocenters. The van der Waals surface area contributed by atoms with E-state index in [2.05, 4.69) is 54.9 Å². The number of carbonyl (C=O) groups is 1. The summed E-state index contributed by atoms with van der Waals surface area (Å²) in [4.78, 5) is 19.9. The fourth-order valence-electron chi connectivity index (χ4n) is 4.39. The third-order valence-corrected chi connectivity index (χ3v) is 7.63. The number of aryl methyl sites for hydroxylation is 1. The van der Waals surface area contributed by atoms with Crippen molar-refractivity contribution in [3.05, 3.63) is 35.8 Å². The van der Waals surface area contributed by atoms with Crippen LogP contribution in [0.4, 0.5) is 0 Å². The summed E-state index contributed by atoms with van der Waals surface area (Å²) < 4.78 is 1.88. The summed E-state index contributed by atoms with van der Waals surface area (Å²) in [5.74, 6) is 1.34. The molecular weight excluding hydrogens is 384 g/mol. The maximum absolute atomic E-state index is 11.8. The third-order valence-electron chi connectivity index (χ3n) is 6.49. The maximum atomic E-state index is 11.8. The molecule has 29 heavy (non-hydrogen) atoms. The number of thioether (sulfide) groups is 1. The Labute approximate surface area is 176 Å². The monoisotopic (exact) mass is 414 g/mol. The first kappa shape index (κ1) is 20.4. The van der Waals surface area contributed by atoms with Crippen LogP contribution < -0.4 is 0 Å². The largest absolute Gasteiger partial charge is 0.481 e. The van der Waals surface area contributed by atoms with Crippen molar-refractivity contribution < 1.29 is 9.90 Å². The molecule has 4 rings (SSSR count). The smallest absolute Gasteiger partial charge is 0.307 e. The molecule has 2 aliphatic heterocycles. The van der Waals surface area contributed by atoms with Crippen molar-refractivity contribution in [3.8, 4) is 5.82 Å². The predicted molar refractivity (Wildman–Crippen MR) is 114 cm³/mol. The summed E-state index contributed by atoms with van der Waals surface area (Å²) in [6, 6.07) is 2.21. The number of aromatic nitrogens is 3. The first-order valence-corrected chi connectivity index (χ1v) is 11.3. The number of carboxylic acids is 1. The van der Waals surface area contributed by atoms with E-state index in [1.807, 2.05) is 28.8 Å². The summed E-state index contributed by atoms with van der Waals surface area (Å²) >= 11 is 1.84. The molecule has 0 saturated carbocycles. The summed E-state index contributed by atoms with van der Waals surface area (Å²) in [7, 11) is 0. The molecule has 2 aromatic heterocycles. The lowest BCUT2D eigenvalue weighted by Crippen LogP contribution is -2.47. The molecule has 0 bridgehead atoms. The van der Waals surface area contributed by atoms with Gasteiger partial charge in [0, 0.05) is 42.8 Å². The van der Waals surface area contributed by atoms with Crippen LogP contribution in [0.2, 0.25) is 0 Å². The Kier molecular flexibility index (Phi) is 5.46. The number of rotatable bonds is 4. The fourth-order valence-corrected chi connectivity index (χ4v) is 5.55. The highest BCUT2D eigenvalue weighted by molar-refractivity contribution is 7.99. The Morgan fingerprint density at radius 1 is 1.34 bits per heavy atom. The molecule has 156 valence electrons. The topological polar surface area (TPSA) is 71.2 Å². The zero-order valence-corrected chi connectivity index (χ0v) is 18.4. The fraction of sp³-hybridized carbons (Fsp3) is 0.591. The van der Waals surface area contributed by atoms with E-state index in [4.69, 9.17) is 0 Å². The van der Waals surface area contributed by atoms with E-state index >= 15 is 0 Å². The molecule has 2 aliphatic rings. The normalized spacial score (nSPS) is 23.7. The number of hydrogen-bond acceptors (Lipinski definition) is 5. The molecule has 1 fully saturated rings. The van der Waals surface area contributed by atoms with Crippen LogP contribution in [0.3, 0.4) is 0 Å². The van der Waals surface area contributed by atoms with Gasteiger partial charge in [-0.15, -0.1) is 11.8 Å². The first-order valence-electron chi connectivity index (χ1n) is 10.4. The maximum Gasteiger partial charge on any atom is 0.307 e. The lowest BCUT2D eigenvalue weighted by molar-refractivity contribution is -0.145. The van der Waals surface area contributed by atoms with Crippen molar-refractivity contribution in [1.82, 2.24) is 19.7 Å². The van der Waals surface area contributed by atoms with Gasteiger partial charge < -0.3 is 5.11 Å². The minimum Gasteiger partial charge on any atom is -0.481 e. The molecule has 7 heteroatoms. The van der Waals surface area contributed by atoms with Crippen LogP contribution in [0.1, 0.15) is 51.3 Å². The van der Waals surface area contributed by atoms with E-state index in [0.717, 1.165) is 36.5 Å². The quantitative estimate of drug-likeness (QED) is 0.814. The summed E-state index contributed by atoms with van der Waals surface area (Å²) in [6.45, 7) is 10.3. The third kappa shape index (κ3) is 4.08. The number of piperidine rings is 1. The highest BCUT2D eigenvalue weighted by atomic mass is 32.2. The van der Waals surface area contributed by atoms with E-state index in [1.54, 1.807) is 0 Å². The standard InChI is InChI=1S/C22H30N4O2S/c1-14(25-11-16(21(27)28)9-18(13-25)22(2,3)4)17-10-24-26(12-17)20-19-15(5-7-23-20)6-8-29-19/h5,7,10,12,14,16,18H,6,8-9,11,13H2,1-4H3,(H,27,28)/t14?,16-,18-/m1/s1. The number of carboxylic acid groups (broad SMARTS) is 1. The van der Waals surface area contributed by atoms with E-state index in [1.165, 1.54) is 10.5 Å². The molecular formula is C22H30N4O2S. The number of nitrogens with zero attached hydrogens (tertiary/aromatic N) is 4. The van der Waals surface area contributed by atoms with Gasteiger partial charge in [0.1, 0.15) is 0 Å². The minimum atomic E-state index is -0.687. The van der Waals surface area contributed by atoms with Crippen molar-refractivity contribution in [2.75, 3.05) is 18.8 Å². The molecule has 1 unspecified atom stereocenters. The average molecular weight is 415 g/mol. The number of pyridine rings is 1. The van der Waals surface area contributed by atoms with Gasteiger partial charge in [-0.2, -0.15) is 5.10 Å². The first-order chi connectivity index (χ1) is 13.7. The molecule has 4 heterocycles. The Bertz CT molecular complexity index is 904. The minimum absolute atomic E-state index is 0.0853. The van der Waals surface area contributed by atoms with Crippen LogP contribution in [0.15, 0.2) is 29.6 Å². The molecule has 1 saturated heterocycles. The van der Waals surface area contributed by atoms with Crippen LogP contribution in [0.5, 0.6) is 0 Å². The molecule has 0 aromatic carbocycles. The van der Waals surface area contributed by atoms with Gasteiger partial charge in [-0.1, -0.05) is 20.8 Å². The van der Waals surface area contributed by atoms with Crippen molar-refractivity contribution >= 4 is 17.7 Å². The van der Waals surface area contributed by atoms with E-state index < -0.39 is 5.97 Å². The van der Waals surface area contributed by atoms with Gasteiger partial charge in [-0.25, -0.2) is 9.67 Å². The highest BCUT2D eigenvalue weighted by Crippen LogP contribution is 2.39. The molecule has 0 spiro atoms. The van der Waals surface area contributed by atoms with E-state index in [0.29, 0.717) is 12.5 Å². The van der Waals surface area contributed by atoms with Gasteiger partial charge in [0.15, 0.2) is 5.82 Å². The zero-order valence-electron chi connectivity index (χ0n) is 17.6. The Balaban J connectivity index is 1.58. The Morgan fingerprint density at radius 2 is 2.14 bits per heavy atom. The molecule has 2 aromatic rings. The Hall–Kier alpha value is -1.86. The summed E-state index contributed by atoms with van der Waals surface area (Å²) in [5, 5.41) is 14.3. The lowest BCUT2D eigenvalue weighted by Gasteiger charge is -2.44. The highest BCUT2D eigenvalue weighted by Gasteiger charge is 2.38. The zero-order chi connectivity index (χ0) is 20.8. The van der Waals surface area contributed by atoms with Crippen LogP contribution in [-0.4, -0.2) is 49.6 Å². The average Bonchev–Trinajstić information content (AvgIpc) is 3.35. The number of hydrogen-bond donors (Lipinski definition) is 1. The van der Waals surface area contributed by atoms with Gasteiger partial charge in [-0.3, -0.25) is 9.69 Å². The second-order valence-corrected chi connectivity index (χ2v) is 10.5. The number of fused-ring (bicyclic) bond motifs is 1. The molecule has 0 aliphatic carbocycles. The Morgan fingerprint density at radius 3 is 2.86 bits per heavy atom. The van der Waals surface area contributed by atoms with Gasteiger partial charge in [0.2, 0.25) is 0 Å². The molecule has 1 N–H and O–H groups in total. The van der Waals surface area contributed by atoms with Crippen molar-refractivity contribution in [2.24, 2.45) is 17.3 Å². The summed E-state index contributed by atoms with van der Waals surface area (Å²) in [6.07, 6.45) is 7.66. The van der Waals surface area contributed by atoms with Gasteiger partial charge >= 0.3 is 5.97 Å². The van der Waals surface area contributed by atoms with Crippen LogP contribution in [0, 0.1) is 17.3 Å². The predicted octanol–water partition coefficient (Wildman–Crippen LogP) is 4.05. The van der Waals surface area contributed by atoms with Crippen molar-refractivity contribution in [3.63, 3.8) is 0 Å². The van der Waals surface area contributed by atoms with Gasteiger partial charge in [0.05, 0.1) is 17.0 Å². The van der Waals surface area contributed by atoms with E-state index in [9.17, 15) is 9.90 Å². The van der Waals surface area contributed by atoms with E-state index in [-0.39, 0.29) is 17.4 Å². The van der Waals surface area contributed by atoms with Crippen molar-refractivity contribution in [1.29, 1.82) is 0 Å². The van der Waals surface area contributed by atoms with Gasteiger partial charge in [0.25, 0.3) is 0 Å². The van der Waals surface area contributed by atoms with Crippen LogP contribution in [0.25, 0.3) is 5.82 Å². The lowest BCUT2D eigenvalue weighted by atomic mass is 9.73. The molecule has 0 radical (unpaired) electrons. The second-order valence-electron chi connectivity index (χ2n) is 9.40. The van der Waals surface area contributed by atoms with Crippen molar-refractivity contribution in [2.45, 2.75) is 51.5 Å². The summed E-state index contributed by atoms with van der Waals surface area (Å²) in [5.41, 5.74) is 2.53. The van der Waals surface area contributed by atoms with Crippen LogP contribution >= 0.6 is 11.8 Å².